The molecule has 0 spiro atoms. The van der Waals surface area contributed by atoms with Crippen LogP contribution in [-0.4, -0.2) is 69.7 Å². The number of hydrogen-bond acceptors (Lipinski definition) is 8. The topological polar surface area (TPSA) is 96.9 Å². The molecule has 1 saturated heterocycles. The van der Waals surface area contributed by atoms with Gasteiger partial charge in [-0.2, -0.15) is 4.98 Å². The van der Waals surface area contributed by atoms with E-state index in [2.05, 4.69) is 51.5 Å². The first kappa shape index (κ1) is 34.5. The van der Waals surface area contributed by atoms with E-state index in [1.54, 1.807) is 4.90 Å². The van der Waals surface area contributed by atoms with E-state index in [9.17, 15) is 9.59 Å². The fourth-order valence-electron chi connectivity index (χ4n) is 6.30. The number of benzene rings is 2. The van der Waals surface area contributed by atoms with Gasteiger partial charge in [0.1, 0.15) is 12.2 Å². The number of amides is 2. The highest BCUT2D eigenvalue weighted by atomic mass is 32.2. The van der Waals surface area contributed by atoms with E-state index in [-0.39, 0.29) is 36.0 Å². The molecule has 3 aromatic rings. The lowest BCUT2D eigenvalue weighted by Crippen LogP contribution is -2.50. The van der Waals surface area contributed by atoms with Crippen LogP contribution in [0.25, 0.3) is 11.3 Å². The van der Waals surface area contributed by atoms with Crippen molar-refractivity contribution in [1.29, 1.82) is 0 Å². The molecule has 0 aliphatic carbocycles. The van der Waals surface area contributed by atoms with Crippen LogP contribution in [0.4, 0.5) is 10.7 Å². The number of carbonyl (C=O) groups is 2. The van der Waals surface area contributed by atoms with Gasteiger partial charge >= 0.3 is 6.09 Å². The number of hydrogen-bond donors (Lipinski definition) is 1. The Morgan fingerprint density at radius 3 is 2.34 bits per heavy atom. The highest BCUT2D eigenvalue weighted by Gasteiger charge is 2.34. The summed E-state index contributed by atoms with van der Waals surface area (Å²) in [5.74, 6) is 1.12. The molecule has 47 heavy (non-hydrogen) atoms. The average Bonchev–Trinajstić information content (AvgIpc) is 2.99. The lowest BCUT2D eigenvalue weighted by molar-refractivity contribution is 0.0141. The second-order valence-electron chi connectivity index (χ2n) is 15.0. The number of anilines is 1. The minimum absolute atomic E-state index is 0.0202. The normalized spacial score (nSPS) is 18.0. The van der Waals surface area contributed by atoms with Crippen LogP contribution >= 0.6 is 11.9 Å². The predicted octanol–water partition coefficient (Wildman–Crippen LogP) is 8.17. The molecule has 0 radical (unpaired) electrons. The lowest BCUT2D eigenvalue weighted by Gasteiger charge is -2.40. The van der Waals surface area contributed by atoms with Gasteiger partial charge in [0.15, 0.2) is 0 Å². The SMILES string of the molecule is Cc1cccc(C)c1-c1cc2nc(n1)NSc1cccc(c1)C(=O)N(CC1CCN(C(=O)OC(C)(C)C)CC1)[C@H](CC(C)(C)C)CO2. The fraction of sp³-hybridized carbons (Fsp3) is 0.514. The number of aromatic nitrogens is 2. The van der Waals surface area contributed by atoms with Gasteiger partial charge in [-0.05, 0) is 106 Å². The molecular weight excluding hydrogens is 611 g/mol. The van der Waals surface area contributed by atoms with Crippen molar-refractivity contribution >= 4 is 29.9 Å². The molecule has 1 aromatic heterocycles. The molecule has 2 aromatic carbocycles. The van der Waals surface area contributed by atoms with Crippen LogP contribution in [0.3, 0.4) is 0 Å². The number of carbonyl (C=O) groups excluding carboxylic acids is 2. The Kier molecular flexibility index (Phi) is 10.4. The summed E-state index contributed by atoms with van der Waals surface area (Å²) in [4.78, 5) is 41.5. The smallest absolute Gasteiger partial charge is 0.410 e. The largest absolute Gasteiger partial charge is 0.475 e. The zero-order valence-corrected chi connectivity index (χ0v) is 29.9. The van der Waals surface area contributed by atoms with E-state index in [4.69, 9.17) is 19.4 Å². The molecule has 2 aliphatic rings. The molecule has 0 saturated carbocycles. The first-order valence-corrected chi connectivity index (χ1v) is 17.4. The number of piperidine rings is 1. The molecule has 4 bridgehead atoms. The number of aryl methyl sites for hydroxylation is 2. The van der Waals surface area contributed by atoms with E-state index < -0.39 is 5.60 Å². The van der Waals surface area contributed by atoms with Gasteiger partial charge in [0.25, 0.3) is 5.91 Å². The Labute approximate surface area is 284 Å². The molecule has 1 atom stereocenters. The van der Waals surface area contributed by atoms with Crippen molar-refractivity contribution in [2.24, 2.45) is 11.3 Å². The molecule has 252 valence electrons. The monoisotopic (exact) mass is 659 g/mol. The molecule has 3 heterocycles. The standard InChI is InChI=1S/C37H49N5O4S/c1-24-11-9-12-25(2)32(24)30-20-31-39-34(38-30)40-47-29-14-10-13-27(19-29)33(43)42(28(23-45-31)21-36(3,4)5)22-26-15-17-41(18-16-26)35(44)46-37(6,7)8/h9-14,19-20,26,28H,15-18,21-23H2,1-8H3,(H,38,39,40)/t28-/m1/s1. The van der Waals surface area contributed by atoms with Crippen molar-refractivity contribution in [3.05, 3.63) is 65.2 Å². The molecule has 9 nitrogen and oxygen atoms in total. The third kappa shape index (κ3) is 9.18. The highest BCUT2D eigenvalue weighted by Crippen LogP contribution is 2.33. The zero-order chi connectivity index (χ0) is 33.9. The molecule has 1 N–H and O–H groups in total. The second-order valence-corrected chi connectivity index (χ2v) is 15.9. The van der Waals surface area contributed by atoms with Gasteiger partial charge in [-0.25, -0.2) is 9.78 Å². The molecule has 0 unspecified atom stereocenters. The molecular formula is C37H49N5O4S. The van der Waals surface area contributed by atoms with Crippen molar-refractivity contribution in [3.63, 3.8) is 0 Å². The Morgan fingerprint density at radius 2 is 1.68 bits per heavy atom. The minimum atomic E-state index is -0.537. The van der Waals surface area contributed by atoms with Gasteiger partial charge in [0.05, 0.1) is 11.7 Å². The Morgan fingerprint density at radius 1 is 1.00 bits per heavy atom. The molecule has 5 rings (SSSR count). The van der Waals surface area contributed by atoms with Gasteiger partial charge in [-0.15, -0.1) is 0 Å². The van der Waals surface area contributed by atoms with Crippen molar-refractivity contribution in [3.8, 4) is 17.1 Å². The van der Waals surface area contributed by atoms with Crippen LogP contribution in [0.15, 0.2) is 53.4 Å². The number of rotatable bonds is 4. The number of nitrogens with zero attached hydrogens (tertiary/aromatic N) is 4. The average molecular weight is 660 g/mol. The van der Waals surface area contributed by atoms with Crippen molar-refractivity contribution in [2.45, 2.75) is 91.2 Å². The lowest BCUT2D eigenvalue weighted by atomic mass is 9.86. The Hall–Kier alpha value is -3.79. The quantitative estimate of drug-likeness (QED) is 0.280. The van der Waals surface area contributed by atoms with Crippen molar-refractivity contribution < 1.29 is 19.1 Å². The summed E-state index contributed by atoms with van der Waals surface area (Å²) in [6.07, 6.45) is 2.05. The summed E-state index contributed by atoms with van der Waals surface area (Å²) in [6, 6.07) is 15.6. The summed E-state index contributed by atoms with van der Waals surface area (Å²) in [6.45, 7) is 18.5. The summed E-state index contributed by atoms with van der Waals surface area (Å²) < 4.78 is 15.4. The van der Waals surface area contributed by atoms with Gasteiger partial charge in [-0.1, -0.05) is 45.0 Å². The maximum atomic E-state index is 14.4. The van der Waals surface area contributed by atoms with Crippen LogP contribution in [0.2, 0.25) is 0 Å². The van der Waals surface area contributed by atoms with Crippen LogP contribution in [-0.2, 0) is 4.74 Å². The molecule has 1 fully saturated rings. The maximum Gasteiger partial charge on any atom is 0.410 e. The second kappa shape index (κ2) is 14.1. The number of likely N-dealkylation sites (tertiary alicyclic amines) is 1. The van der Waals surface area contributed by atoms with E-state index in [0.29, 0.717) is 37.0 Å². The van der Waals surface area contributed by atoms with E-state index in [1.165, 1.54) is 11.9 Å². The first-order chi connectivity index (χ1) is 22.1. The Balaban J connectivity index is 1.47. The van der Waals surface area contributed by atoms with Crippen molar-refractivity contribution in [2.75, 3.05) is 31.0 Å². The minimum Gasteiger partial charge on any atom is -0.475 e. The van der Waals surface area contributed by atoms with Crippen LogP contribution in [0, 0.1) is 25.2 Å². The van der Waals surface area contributed by atoms with E-state index in [0.717, 1.165) is 46.5 Å². The summed E-state index contributed by atoms with van der Waals surface area (Å²) >= 11 is 1.37. The van der Waals surface area contributed by atoms with Gasteiger partial charge in [0.2, 0.25) is 11.8 Å². The van der Waals surface area contributed by atoms with Gasteiger partial charge < -0.3 is 19.3 Å². The third-order valence-corrected chi connectivity index (χ3v) is 9.25. The summed E-state index contributed by atoms with van der Waals surface area (Å²) in [7, 11) is 0. The van der Waals surface area contributed by atoms with Crippen LogP contribution in [0.5, 0.6) is 5.88 Å². The molecule has 2 amide bonds. The van der Waals surface area contributed by atoms with Crippen LogP contribution < -0.4 is 9.46 Å². The van der Waals surface area contributed by atoms with Gasteiger partial charge in [0, 0.05) is 41.7 Å². The summed E-state index contributed by atoms with van der Waals surface area (Å²) in [5, 5.41) is 0. The molecule has 2 aliphatic heterocycles. The van der Waals surface area contributed by atoms with Gasteiger partial charge in [-0.3, -0.25) is 9.52 Å². The highest BCUT2D eigenvalue weighted by molar-refractivity contribution is 8.00. The first-order valence-electron chi connectivity index (χ1n) is 16.6. The zero-order valence-electron chi connectivity index (χ0n) is 29.1. The maximum absolute atomic E-state index is 14.4. The van der Waals surface area contributed by atoms with Crippen LogP contribution in [0.1, 0.15) is 82.3 Å². The molecule has 10 heteroatoms. The number of fused-ring (bicyclic) bond motifs is 4. The third-order valence-electron chi connectivity index (χ3n) is 8.48. The number of ether oxygens (including phenoxy) is 2. The number of nitrogens with one attached hydrogen (secondary N) is 1. The predicted molar refractivity (Wildman–Crippen MR) is 188 cm³/mol. The summed E-state index contributed by atoms with van der Waals surface area (Å²) in [5.41, 5.74) is 4.11. The van der Waals surface area contributed by atoms with E-state index >= 15 is 0 Å². The van der Waals surface area contributed by atoms with E-state index in [1.807, 2.05) is 62.1 Å². The fourth-order valence-corrected chi connectivity index (χ4v) is 6.94. The van der Waals surface area contributed by atoms with Crippen molar-refractivity contribution in [1.82, 2.24) is 19.8 Å². The Bertz CT molecular complexity index is 1570.